The van der Waals surface area contributed by atoms with E-state index in [4.69, 9.17) is 4.74 Å². The molecule has 3 atom stereocenters. The van der Waals surface area contributed by atoms with Gasteiger partial charge in [0.1, 0.15) is 0 Å². The zero-order valence-corrected chi connectivity index (χ0v) is 15.8. The van der Waals surface area contributed by atoms with Gasteiger partial charge in [0.2, 0.25) is 7.37 Å². The molecule has 3 rings (SSSR count). The molecule has 7 heteroatoms. The minimum atomic E-state index is -3.33. The molecule has 27 heavy (non-hydrogen) atoms. The number of morpholine rings is 1. The molecular weight excluding hydrogens is 365 g/mol. The van der Waals surface area contributed by atoms with Crippen LogP contribution in [0.4, 0.5) is 0 Å². The van der Waals surface area contributed by atoms with E-state index in [9.17, 15) is 19.4 Å². The van der Waals surface area contributed by atoms with Gasteiger partial charge in [-0.05, 0) is 23.6 Å². The topological polar surface area (TPSA) is 95.9 Å². The van der Waals surface area contributed by atoms with E-state index in [0.29, 0.717) is 25.1 Å². The Morgan fingerprint density at radius 1 is 1.15 bits per heavy atom. The lowest BCUT2D eigenvalue weighted by Crippen LogP contribution is -2.48. The van der Waals surface area contributed by atoms with Crippen molar-refractivity contribution in [2.24, 2.45) is 0 Å². The van der Waals surface area contributed by atoms with Gasteiger partial charge in [0, 0.05) is 18.7 Å². The second kappa shape index (κ2) is 8.81. The van der Waals surface area contributed by atoms with Crippen LogP contribution in [0.25, 0.3) is 0 Å². The normalized spacial score (nSPS) is 22.1. The van der Waals surface area contributed by atoms with Gasteiger partial charge < -0.3 is 20.1 Å². The first-order valence-corrected chi connectivity index (χ1v) is 11.0. The van der Waals surface area contributed by atoms with Crippen LogP contribution in [0.5, 0.6) is 0 Å². The first-order chi connectivity index (χ1) is 12.9. The molecule has 2 aromatic carbocycles. The van der Waals surface area contributed by atoms with Crippen molar-refractivity contribution < 1.29 is 24.1 Å². The molecule has 1 aliphatic rings. The van der Waals surface area contributed by atoms with Crippen molar-refractivity contribution in [2.75, 3.05) is 19.3 Å². The summed E-state index contributed by atoms with van der Waals surface area (Å²) in [5, 5.41) is 12.6. The lowest BCUT2D eigenvalue weighted by atomic mass is 10.00. The second-order valence-corrected chi connectivity index (χ2v) is 9.27. The zero-order chi connectivity index (χ0) is 19.3. The number of rotatable bonds is 7. The van der Waals surface area contributed by atoms with Gasteiger partial charge in [-0.1, -0.05) is 48.5 Å². The maximum atomic E-state index is 12.5. The van der Waals surface area contributed by atoms with Gasteiger partial charge in [-0.15, -0.1) is 0 Å². The first-order valence-electron chi connectivity index (χ1n) is 8.94. The summed E-state index contributed by atoms with van der Waals surface area (Å²) in [7, 11) is -3.33. The van der Waals surface area contributed by atoms with Crippen LogP contribution in [-0.2, 0) is 21.9 Å². The van der Waals surface area contributed by atoms with Crippen LogP contribution in [0.2, 0.25) is 0 Å². The molecule has 1 fully saturated rings. The van der Waals surface area contributed by atoms with Crippen molar-refractivity contribution >= 4 is 13.3 Å². The summed E-state index contributed by atoms with van der Waals surface area (Å²) in [5.74, 6) is -0.942. The van der Waals surface area contributed by atoms with E-state index in [2.05, 4.69) is 5.32 Å². The second-order valence-electron chi connectivity index (χ2n) is 6.90. The molecule has 3 N–H and O–H groups in total. The predicted octanol–water partition coefficient (Wildman–Crippen LogP) is 2.75. The molecule has 0 spiro atoms. The highest BCUT2D eigenvalue weighted by atomic mass is 31.2. The Bertz CT molecular complexity index is 818. The lowest BCUT2D eigenvalue weighted by Gasteiger charge is -2.31. The van der Waals surface area contributed by atoms with Gasteiger partial charge in [0.05, 0.1) is 24.4 Å². The van der Waals surface area contributed by atoms with Crippen LogP contribution in [-0.4, -0.2) is 47.4 Å². The van der Waals surface area contributed by atoms with E-state index in [-0.39, 0.29) is 24.5 Å². The molecule has 144 valence electrons. The van der Waals surface area contributed by atoms with Crippen molar-refractivity contribution in [1.82, 2.24) is 5.32 Å². The van der Waals surface area contributed by atoms with Crippen molar-refractivity contribution in [1.29, 1.82) is 0 Å². The van der Waals surface area contributed by atoms with E-state index in [1.54, 1.807) is 18.2 Å². The van der Waals surface area contributed by atoms with Crippen LogP contribution in [0.1, 0.15) is 21.5 Å². The molecule has 6 nitrogen and oxygen atoms in total. The third-order valence-electron chi connectivity index (χ3n) is 4.64. The molecule has 0 saturated carbocycles. The minimum absolute atomic E-state index is 0.0195. The molecule has 1 saturated heterocycles. The fourth-order valence-corrected chi connectivity index (χ4v) is 5.12. The zero-order valence-electron chi connectivity index (χ0n) is 15.0. The molecule has 1 heterocycles. The molecule has 0 aliphatic carbocycles. The number of carboxylic acid groups (broad SMARTS) is 1. The number of hydrogen-bond acceptors (Lipinski definition) is 4. The maximum absolute atomic E-state index is 12.5. The molecular formula is C20H24NO5P. The van der Waals surface area contributed by atoms with Crippen molar-refractivity contribution in [3.05, 3.63) is 71.3 Å². The van der Waals surface area contributed by atoms with E-state index in [0.717, 1.165) is 11.1 Å². The Kier molecular flexibility index (Phi) is 6.45. The maximum Gasteiger partial charge on any atom is 0.335 e. The molecule has 0 bridgehead atoms. The molecule has 1 aliphatic heterocycles. The summed E-state index contributed by atoms with van der Waals surface area (Å²) >= 11 is 0. The van der Waals surface area contributed by atoms with Gasteiger partial charge in [-0.25, -0.2) is 4.79 Å². The third kappa shape index (κ3) is 5.75. The van der Waals surface area contributed by atoms with Gasteiger partial charge in [-0.2, -0.15) is 0 Å². The predicted molar refractivity (Wildman–Crippen MR) is 103 cm³/mol. The molecule has 3 unspecified atom stereocenters. The lowest BCUT2D eigenvalue weighted by molar-refractivity contribution is 0.0161. The van der Waals surface area contributed by atoms with E-state index in [1.165, 1.54) is 0 Å². The minimum Gasteiger partial charge on any atom is -0.478 e. The van der Waals surface area contributed by atoms with Gasteiger partial charge in [0.15, 0.2) is 0 Å². The van der Waals surface area contributed by atoms with Crippen LogP contribution in [0.15, 0.2) is 54.6 Å². The number of benzene rings is 2. The molecule has 0 aromatic heterocycles. The highest BCUT2D eigenvalue weighted by Gasteiger charge is 2.29. The molecule has 2 aromatic rings. The van der Waals surface area contributed by atoms with Crippen LogP contribution < -0.4 is 5.32 Å². The quantitative estimate of drug-likeness (QED) is 0.631. The van der Waals surface area contributed by atoms with Crippen LogP contribution in [0.3, 0.4) is 0 Å². The van der Waals surface area contributed by atoms with Crippen LogP contribution >= 0.6 is 7.37 Å². The summed E-state index contributed by atoms with van der Waals surface area (Å²) < 4.78 is 18.3. The Morgan fingerprint density at radius 3 is 2.52 bits per heavy atom. The fraction of sp³-hybridized carbons (Fsp3) is 0.350. The smallest absolute Gasteiger partial charge is 0.335 e. The molecule has 0 radical (unpaired) electrons. The van der Waals surface area contributed by atoms with E-state index in [1.807, 2.05) is 36.4 Å². The SMILES string of the molecule is O=C(O)c1ccccc1CC1COC(CP(=O)(O)Cc2ccccc2)CN1. The van der Waals surface area contributed by atoms with Crippen molar-refractivity contribution in [2.45, 2.75) is 24.7 Å². The summed E-state index contributed by atoms with van der Waals surface area (Å²) in [5.41, 5.74) is 1.89. The average molecular weight is 389 g/mol. The van der Waals surface area contributed by atoms with Gasteiger partial charge in [0.25, 0.3) is 0 Å². The van der Waals surface area contributed by atoms with E-state index < -0.39 is 13.3 Å². The monoisotopic (exact) mass is 389 g/mol. The Balaban J connectivity index is 1.52. The van der Waals surface area contributed by atoms with Gasteiger partial charge in [-0.3, -0.25) is 4.57 Å². The Hall–Kier alpha value is -1.98. The van der Waals surface area contributed by atoms with Crippen LogP contribution in [0, 0.1) is 0 Å². The molecule has 0 amide bonds. The van der Waals surface area contributed by atoms with Crippen molar-refractivity contribution in [3.63, 3.8) is 0 Å². The average Bonchev–Trinajstić information content (AvgIpc) is 2.64. The summed E-state index contributed by atoms with van der Waals surface area (Å²) in [4.78, 5) is 21.6. The number of ether oxygens (including phenoxy) is 1. The number of carboxylic acids is 1. The summed E-state index contributed by atoms with van der Waals surface area (Å²) in [6.45, 7) is 0.850. The Labute approximate surface area is 158 Å². The summed E-state index contributed by atoms with van der Waals surface area (Å²) in [6.07, 6.45) is 0.461. The fourth-order valence-electron chi connectivity index (χ4n) is 3.34. The van der Waals surface area contributed by atoms with Crippen molar-refractivity contribution in [3.8, 4) is 0 Å². The highest BCUT2D eigenvalue weighted by Crippen LogP contribution is 2.45. The summed E-state index contributed by atoms with van der Waals surface area (Å²) in [6, 6.07) is 16.2. The van der Waals surface area contributed by atoms with Gasteiger partial charge >= 0.3 is 5.97 Å². The standard InChI is InChI=1S/C20H24NO5P/c22-20(23)19-9-5-4-8-16(19)10-17-12-26-18(11-21-17)14-27(24,25)13-15-6-2-1-3-7-15/h1-9,17-18,21H,10-14H2,(H,22,23)(H,24,25). The Morgan fingerprint density at radius 2 is 1.85 bits per heavy atom. The highest BCUT2D eigenvalue weighted by molar-refractivity contribution is 7.57. The first kappa shape index (κ1) is 19.8. The largest absolute Gasteiger partial charge is 0.478 e. The third-order valence-corrected chi connectivity index (χ3v) is 6.48. The number of carbonyl (C=O) groups is 1. The number of hydrogen-bond donors (Lipinski definition) is 3. The number of aromatic carboxylic acids is 1. The van der Waals surface area contributed by atoms with E-state index >= 15 is 0 Å². The number of nitrogens with one attached hydrogen (secondary N) is 1.